The number of carbonyl (C=O) groups is 2. The Hall–Kier alpha value is -2.16. The predicted molar refractivity (Wildman–Crippen MR) is 131 cm³/mol. The zero-order valence-electron chi connectivity index (χ0n) is 20.6. The van der Waals surface area contributed by atoms with Crippen LogP contribution in [0.4, 0.5) is 18.9 Å². The summed E-state index contributed by atoms with van der Waals surface area (Å²) in [5.74, 6) is -3.15. The lowest BCUT2D eigenvalue weighted by Gasteiger charge is -2.63. The quantitative estimate of drug-likeness (QED) is 0.595. The van der Waals surface area contributed by atoms with Gasteiger partial charge in [-0.25, -0.2) is 13.2 Å². The minimum Gasteiger partial charge on any atom is -0.390 e. The molecule has 37 heavy (non-hydrogen) atoms. The summed E-state index contributed by atoms with van der Waals surface area (Å²) in [4.78, 5) is 31.8. The maximum Gasteiger partial charge on any atom is 0.199 e. The molecule has 0 aromatic heterocycles. The molecule has 0 spiro atoms. The SMILES string of the molecule is C[C@]12C=CC(=O)C=C1[C@@H](F)C[C@H]1[C@@H]3C[C@H]4CN(c5ccc(Cl)cc5)O[C@@]4(C(=O)CF)[C@@]3(C)C[C@H](O)[C@@]12F. The summed E-state index contributed by atoms with van der Waals surface area (Å²) in [6, 6.07) is 6.84. The van der Waals surface area contributed by atoms with Crippen molar-refractivity contribution >= 4 is 28.9 Å². The number of benzene rings is 1. The van der Waals surface area contributed by atoms with Gasteiger partial charge in [0.05, 0.1) is 18.3 Å². The van der Waals surface area contributed by atoms with Gasteiger partial charge >= 0.3 is 0 Å². The molecule has 0 amide bonds. The number of alkyl halides is 3. The second-order valence-corrected chi connectivity index (χ2v) is 12.1. The molecule has 5 nitrogen and oxygen atoms in total. The normalized spacial score (nSPS) is 46.1. The Morgan fingerprint density at radius 3 is 2.59 bits per heavy atom. The fourth-order valence-electron chi connectivity index (χ4n) is 8.61. The summed E-state index contributed by atoms with van der Waals surface area (Å²) in [6.45, 7) is 2.28. The summed E-state index contributed by atoms with van der Waals surface area (Å²) < 4.78 is 47.2. The molecule has 1 aromatic carbocycles. The third-order valence-electron chi connectivity index (χ3n) is 10.3. The Balaban J connectivity index is 1.44. The lowest BCUT2D eigenvalue weighted by atomic mass is 9.44. The Kier molecular flexibility index (Phi) is 5.39. The minimum absolute atomic E-state index is 0.0410. The van der Waals surface area contributed by atoms with E-state index < -0.39 is 70.4 Å². The van der Waals surface area contributed by atoms with E-state index in [2.05, 4.69) is 0 Å². The van der Waals surface area contributed by atoms with Crippen molar-refractivity contribution in [2.24, 2.45) is 28.6 Å². The number of aliphatic hydroxyl groups excluding tert-OH is 1. The van der Waals surface area contributed by atoms with Gasteiger partial charge < -0.3 is 5.11 Å². The molecule has 0 bridgehead atoms. The number of allylic oxidation sites excluding steroid dienone is 4. The first-order valence-electron chi connectivity index (χ1n) is 12.7. The van der Waals surface area contributed by atoms with Gasteiger partial charge in [0.25, 0.3) is 0 Å². The van der Waals surface area contributed by atoms with E-state index in [1.807, 2.05) is 0 Å². The molecule has 1 aliphatic heterocycles. The zero-order chi connectivity index (χ0) is 26.5. The number of nitrogens with zero attached hydrogens (tertiary/aromatic N) is 1. The van der Waals surface area contributed by atoms with Crippen LogP contribution >= 0.6 is 11.6 Å². The number of hydrogen-bond acceptors (Lipinski definition) is 5. The van der Waals surface area contributed by atoms with Crippen molar-refractivity contribution < 1.29 is 32.7 Å². The number of aliphatic hydroxyl groups is 1. The monoisotopic (exact) mass is 535 g/mol. The fraction of sp³-hybridized carbons (Fsp3) is 0.571. The number of hydrogen-bond donors (Lipinski definition) is 1. The van der Waals surface area contributed by atoms with Gasteiger partial charge in [-0.1, -0.05) is 24.6 Å². The number of ketones is 2. The number of Topliss-reactive ketones (excluding diaryl/α,β-unsaturated/α-hetero) is 1. The average molecular weight is 536 g/mol. The third-order valence-corrected chi connectivity index (χ3v) is 10.5. The number of hydroxylamine groups is 1. The summed E-state index contributed by atoms with van der Waals surface area (Å²) in [7, 11) is 0. The Bertz CT molecular complexity index is 1240. The first kappa shape index (κ1) is 25.1. The van der Waals surface area contributed by atoms with Gasteiger partial charge in [-0.2, -0.15) is 0 Å². The highest BCUT2D eigenvalue weighted by Crippen LogP contribution is 2.72. The van der Waals surface area contributed by atoms with Gasteiger partial charge in [-0.15, -0.1) is 0 Å². The van der Waals surface area contributed by atoms with E-state index in [4.69, 9.17) is 16.4 Å². The van der Waals surface area contributed by atoms with Crippen LogP contribution in [-0.4, -0.2) is 53.4 Å². The van der Waals surface area contributed by atoms with E-state index in [0.717, 1.165) is 6.08 Å². The van der Waals surface area contributed by atoms with Gasteiger partial charge in [0.15, 0.2) is 29.5 Å². The van der Waals surface area contributed by atoms with Crippen LogP contribution in [0, 0.1) is 28.6 Å². The highest BCUT2D eigenvalue weighted by Gasteiger charge is 2.79. The van der Waals surface area contributed by atoms with Crippen molar-refractivity contribution in [3.8, 4) is 0 Å². The molecule has 1 heterocycles. The molecule has 0 radical (unpaired) electrons. The Morgan fingerprint density at radius 2 is 1.92 bits per heavy atom. The zero-order valence-corrected chi connectivity index (χ0v) is 21.4. The van der Waals surface area contributed by atoms with Crippen LogP contribution in [0.25, 0.3) is 0 Å². The van der Waals surface area contributed by atoms with Gasteiger partial charge in [0, 0.05) is 27.7 Å². The first-order chi connectivity index (χ1) is 17.4. The molecule has 4 aliphatic carbocycles. The summed E-state index contributed by atoms with van der Waals surface area (Å²) in [5, 5.41) is 13.6. The van der Waals surface area contributed by atoms with Crippen molar-refractivity contribution in [1.82, 2.24) is 0 Å². The second kappa shape index (κ2) is 7.93. The number of halogens is 4. The smallest absolute Gasteiger partial charge is 0.199 e. The molecule has 6 rings (SSSR count). The summed E-state index contributed by atoms with van der Waals surface area (Å²) in [5.41, 5.74) is -5.88. The van der Waals surface area contributed by atoms with E-state index in [1.165, 1.54) is 19.1 Å². The predicted octanol–water partition coefficient (Wildman–Crippen LogP) is 4.91. The Labute approximate surface area is 218 Å². The molecule has 1 aromatic rings. The molecule has 5 aliphatic rings. The summed E-state index contributed by atoms with van der Waals surface area (Å²) >= 11 is 6.02. The maximum absolute atomic E-state index is 17.4. The molecule has 9 atom stereocenters. The largest absolute Gasteiger partial charge is 0.390 e. The van der Waals surface area contributed by atoms with E-state index in [1.54, 1.807) is 36.3 Å². The average Bonchev–Trinajstić information content (AvgIpc) is 3.36. The molecule has 1 saturated heterocycles. The molecular weight excluding hydrogens is 507 g/mol. The highest BCUT2D eigenvalue weighted by molar-refractivity contribution is 6.30. The van der Waals surface area contributed by atoms with Crippen molar-refractivity contribution in [1.29, 1.82) is 0 Å². The molecule has 9 heteroatoms. The maximum atomic E-state index is 17.4. The number of anilines is 1. The topological polar surface area (TPSA) is 66.8 Å². The molecule has 0 unspecified atom stereocenters. The van der Waals surface area contributed by atoms with Crippen LogP contribution in [0.5, 0.6) is 0 Å². The van der Waals surface area contributed by atoms with E-state index in [-0.39, 0.29) is 25.0 Å². The highest BCUT2D eigenvalue weighted by atomic mass is 35.5. The standard InChI is InChI=1S/C28H29ClF3NO4/c1-25-8-7-18(34)10-21(25)22(31)11-20-19-9-15-14-33(17-5-3-16(29)4-6-17)37-28(15,24(36)13-30)26(19,2)12-23(35)27(20,25)32/h3-8,10,15,19-20,22-23,35H,9,11-14H2,1-2H3/t15-,19-,20-,22-,23-,25-,26-,27-,28-/m0/s1. The van der Waals surface area contributed by atoms with Crippen molar-refractivity contribution in [2.75, 3.05) is 18.3 Å². The van der Waals surface area contributed by atoms with Gasteiger partial charge in [-0.05, 0) is 74.1 Å². The van der Waals surface area contributed by atoms with Crippen molar-refractivity contribution in [2.45, 2.75) is 56.7 Å². The van der Waals surface area contributed by atoms with Crippen molar-refractivity contribution in [3.63, 3.8) is 0 Å². The molecule has 3 saturated carbocycles. The van der Waals surface area contributed by atoms with Crippen LogP contribution in [0.3, 0.4) is 0 Å². The number of rotatable bonds is 3. The van der Waals surface area contributed by atoms with E-state index >= 15 is 8.78 Å². The summed E-state index contributed by atoms with van der Waals surface area (Å²) in [6.07, 6.45) is 0.507. The lowest BCUT2D eigenvalue weighted by Crippen LogP contribution is -2.70. The molecule has 198 valence electrons. The van der Waals surface area contributed by atoms with Crippen LogP contribution in [0.15, 0.2) is 48.1 Å². The molecular formula is C28H29ClF3NO4. The van der Waals surface area contributed by atoms with Crippen LogP contribution in [0.1, 0.15) is 33.1 Å². The minimum atomic E-state index is -2.27. The molecule has 1 N–H and O–H groups in total. The van der Waals surface area contributed by atoms with Gasteiger partial charge in [0.1, 0.15) is 6.17 Å². The van der Waals surface area contributed by atoms with E-state index in [9.17, 15) is 19.1 Å². The fourth-order valence-corrected chi connectivity index (χ4v) is 8.73. The van der Waals surface area contributed by atoms with Crippen LogP contribution in [0.2, 0.25) is 5.02 Å². The van der Waals surface area contributed by atoms with E-state index in [0.29, 0.717) is 17.1 Å². The van der Waals surface area contributed by atoms with Crippen LogP contribution < -0.4 is 5.06 Å². The van der Waals surface area contributed by atoms with Crippen LogP contribution in [-0.2, 0) is 14.4 Å². The number of carbonyl (C=O) groups excluding carboxylic acids is 2. The third kappa shape index (κ3) is 2.95. The van der Waals surface area contributed by atoms with Gasteiger partial charge in [0.2, 0.25) is 0 Å². The second-order valence-electron chi connectivity index (χ2n) is 11.7. The Morgan fingerprint density at radius 1 is 1.22 bits per heavy atom. The molecule has 4 fully saturated rings. The first-order valence-corrected chi connectivity index (χ1v) is 13.1. The van der Waals surface area contributed by atoms with Crippen molar-refractivity contribution in [3.05, 3.63) is 53.1 Å². The number of fused-ring (bicyclic) bond motifs is 7. The van der Waals surface area contributed by atoms with Gasteiger partial charge in [-0.3, -0.25) is 19.5 Å². The lowest BCUT2D eigenvalue weighted by molar-refractivity contribution is -0.227.